The highest BCUT2D eigenvalue weighted by Gasteiger charge is 2.19. The zero-order valence-corrected chi connectivity index (χ0v) is 9.10. The molecule has 0 amide bonds. The summed E-state index contributed by atoms with van der Waals surface area (Å²) >= 11 is 0. The number of ketones is 1. The first-order valence-corrected chi connectivity index (χ1v) is 5.17. The van der Waals surface area contributed by atoms with E-state index >= 15 is 0 Å². The summed E-state index contributed by atoms with van der Waals surface area (Å²) in [6.45, 7) is 0.682. The molecule has 4 nitrogen and oxygen atoms in total. The molecule has 1 aromatic rings. The maximum Gasteiger partial charge on any atom is 0.224 e. The highest BCUT2D eigenvalue weighted by molar-refractivity contribution is 6.09. The molecule has 0 fully saturated rings. The number of allylic oxidation sites excluding steroid dienone is 1. The lowest BCUT2D eigenvalue weighted by molar-refractivity contribution is 0.101. The molecular weight excluding hydrogens is 206 g/mol. The number of ether oxygens (including phenoxy) is 2. The number of carbonyl (C=O) groups is 1. The average Bonchev–Trinajstić information content (AvgIpc) is 2.39. The number of hydrogen-bond acceptors (Lipinski definition) is 4. The quantitative estimate of drug-likeness (QED) is 0.729. The molecule has 1 aliphatic rings. The number of Topliss-reactive ketones (excluding diaryl/α,β-unsaturated/α-hetero) is 1. The Morgan fingerprint density at radius 3 is 3.12 bits per heavy atom. The minimum atomic E-state index is -0.0651. The molecule has 0 atom stereocenters. The number of nitrogens with zero attached hydrogens (tertiary/aromatic N) is 1. The second-order valence-corrected chi connectivity index (χ2v) is 3.51. The van der Waals surface area contributed by atoms with Gasteiger partial charge in [0, 0.05) is 11.8 Å². The van der Waals surface area contributed by atoms with E-state index in [9.17, 15) is 4.79 Å². The molecule has 2 heterocycles. The molecule has 0 aliphatic carbocycles. The van der Waals surface area contributed by atoms with Crippen LogP contribution in [0, 0.1) is 0 Å². The Hall–Kier alpha value is -1.84. The third kappa shape index (κ3) is 2.05. The molecule has 0 saturated heterocycles. The summed E-state index contributed by atoms with van der Waals surface area (Å²) in [6.07, 6.45) is 4.76. The Balaban J connectivity index is 2.29. The van der Waals surface area contributed by atoms with Crippen molar-refractivity contribution in [3.05, 3.63) is 35.7 Å². The lowest BCUT2D eigenvalue weighted by atomic mass is 10.0. The third-order valence-electron chi connectivity index (χ3n) is 2.43. The first-order valence-electron chi connectivity index (χ1n) is 5.17. The van der Waals surface area contributed by atoms with Gasteiger partial charge >= 0.3 is 0 Å². The minimum absolute atomic E-state index is 0.0651. The van der Waals surface area contributed by atoms with Crippen LogP contribution in [0.4, 0.5) is 0 Å². The van der Waals surface area contributed by atoms with Gasteiger partial charge in [-0.2, -0.15) is 0 Å². The molecule has 0 N–H and O–H groups in total. The van der Waals surface area contributed by atoms with Gasteiger partial charge in [0.25, 0.3) is 0 Å². The number of aromatic nitrogens is 1. The zero-order valence-electron chi connectivity index (χ0n) is 9.10. The van der Waals surface area contributed by atoms with Crippen LogP contribution >= 0.6 is 0 Å². The standard InChI is InChI=1S/C12H13NO3/c1-15-12-10(5-2-6-13-12)11(14)9-4-3-7-16-8-9/h2,5-6,8H,3-4,7H2,1H3. The van der Waals surface area contributed by atoms with Gasteiger partial charge in [0.1, 0.15) is 0 Å². The van der Waals surface area contributed by atoms with Crippen molar-refractivity contribution < 1.29 is 14.3 Å². The lowest BCUT2D eigenvalue weighted by Crippen LogP contribution is -2.11. The molecule has 4 heteroatoms. The molecule has 16 heavy (non-hydrogen) atoms. The van der Waals surface area contributed by atoms with Crippen molar-refractivity contribution in [2.45, 2.75) is 12.8 Å². The van der Waals surface area contributed by atoms with E-state index in [1.165, 1.54) is 13.4 Å². The smallest absolute Gasteiger partial charge is 0.224 e. The Kier molecular flexibility index (Phi) is 3.19. The second kappa shape index (κ2) is 4.79. The van der Waals surface area contributed by atoms with Crippen molar-refractivity contribution in [3.63, 3.8) is 0 Å². The first-order chi connectivity index (χ1) is 7.83. The van der Waals surface area contributed by atoms with E-state index in [0.29, 0.717) is 23.6 Å². The predicted octanol–water partition coefficient (Wildman–Crippen LogP) is 1.97. The van der Waals surface area contributed by atoms with E-state index < -0.39 is 0 Å². The van der Waals surface area contributed by atoms with Gasteiger partial charge in [-0.25, -0.2) is 4.98 Å². The minimum Gasteiger partial charge on any atom is -0.501 e. The van der Waals surface area contributed by atoms with Crippen LogP contribution in [0.5, 0.6) is 5.88 Å². The number of methoxy groups -OCH3 is 1. The summed E-state index contributed by atoms with van der Waals surface area (Å²) in [7, 11) is 1.50. The van der Waals surface area contributed by atoms with Gasteiger partial charge in [0.2, 0.25) is 5.88 Å². The summed E-state index contributed by atoms with van der Waals surface area (Å²) in [5, 5.41) is 0. The van der Waals surface area contributed by atoms with Gasteiger partial charge < -0.3 is 9.47 Å². The van der Waals surface area contributed by atoms with Crippen LogP contribution in [0.2, 0.25) is 0 Å². The fourth-order valence-electron chi connectivity index (χ4n) is 1.63. The molecule has 84 valence electrons. The molecule has 0 spiro atoms. The fraction of sp³-hybridized carbons (Fsp3) is 0.333. The van der Waals surface area contributed by atoms with Crippen LogP contribution in [-0.2, 0) is 4.74 Å². The van der Waals surface area contributed by atoms with Crippen molar-refractivity contribution in [2.24, 2.45) is 0 Å². The van der Waals surface area contributed by atoms with Crippen molar-refractivity contribution in [3.8, 4) is 5.88 Å². The summed E-state index contributed by atoms with van der Waals surface area (Å²) in [5.41, 5.74) is 1.17. The van der Waals surface area contributed by atoms with E-state index in [4.69, 9.17) is 9.47 Å². The predicted molar refractivity (Wildman–Crippen MR) is 58.4 cm³/mol. The Bertz CT molecular complexity index is 426. The van der Waals surface area contributed by atoms with E-state index in [1.54, 1.807) is 18.3 Å². The maximum absolute atomic E-state index is 12.1. The molecule has 0 aromatic carbocycles. The summed E-state index contributed by atoms with van der Waals surface area (Å²) < 4.78 is 10.2. The summed E-state index contributed by atoms with van der Waals surface area (Å²) in [6, 6.07) is 3.43. The number of carbonyl (C=O) groups excluding carboxylic acids is 1. The average molecular weight is 219 g/mol. The van der Waals surface area contributed by atoms with Crippen molar-refractivity contribution >= 4 is 5.78 Å². The summed E-state index contributed by atoms with van der Waals surface area (Å²) in [5.74, 6) is 0.295. The van der Waals surface area contributed by atoms with Crippen LogP contribution in [0.1, 0.15) is 23.2 Å². The monoisotopic (exact) mass is 219 g/mol. The van der Waals surface area contributed by atoms with Crippen LogP contribution in [0.3, 0.4) is 0 Å². The van der Waals surface area contributed by atoms with Gasteiger partial charge in [0.15, 0.2) is 5.78 Å². The number of hydrogen-bond donors (Lipinski definition) is 0. The Morgan fingerprint density at radius 1 is 1.56 bits per heavy atom. The summed E-state index contributed by atoms with van der Waals surface area (Å²) in [4.78, 5) is 16.1. The normalized spacial score (nSPS) is 14.9. The lowest BCUT2D eigenvalue weighted by Gasteiger charge is -2.13. The van der Waals surface area contributed by atoms with Gasteiger partial charge in [-0.1, -0.05) is 0 Å². The van der Waals surface area contributed by atoms with Crippen LogP contribution in [-0.4, -0.2) is 24.5 Å². The van der Waals surface area contributed by atoms with Gasteiger partial charge in [0.05, 0.1) is 25.5 Å². The third-order valence-corrected chi connectivity index (χ3v) is 2.43. The maximum atomic E-state index is 12.1. The number of pyridine rings is 1. The fourth-order valence-corrected chi connectivity index (χ4v) is 1.63. The molecule has 1 aliphatic heterocycles. The van der Waals surface area contributed by atoms with E-state index in [1.807, 2.05) is 0 Å². The molecule has 2 rings (SSSR count). The highest BCUT2D eigenvalue weighted by atomic mass is 16.5. The highest BCUT2D eigenvalue weighted by Crippen LogP contribution is 2.22. The Morgan fingerprint density at radius 2 is 2.44 bits per heavy atom. The molecule has 0 radical (unpaired) electrons. The van der Waals surface area contributed by atoms with E-state index in [2.05, 4.69) is 4.98 Å². The largest absolute Gasteiger partial charge is 0.501 e. The van der Waals surface area contributed by atoms with Crippen molar-refractivity contribution in [2.75, 3.05) is 13.7 Å². The topological polar surface area (TPSA) is 48.4 Å². The van der Waals surface area contributed by atoms with Crippen molar-refractivity contribution in [1.29, 1.82) is 0 Å². The Labute approximate surface area is 93.9 Å². The molecular formula is C12H13NO3. The zero-order chi connectivity index (χ0) is 11.4. The van der Waals surface area contributed by atoms with Crippen LogP contribution in [0.15, 0.2) is 30.2 Å². The van der Waals surface area contributed by atoms with Gasteiger partial charge in [-0.15, -0.1) is 0 Å². The van der Waals surface area contributed by atoms with Crippen LogP contribution in [0.25, 0.3) is 0 Å². The molecule has 0 saturated carbocycles. The van der Waals surface area contributed by atoms with Gasteiger partial charge in [-0.3, -0.25) is 4.79 Å². The second-order valence-electron chi connectivity index (χ2n) is 3.51. The number of rotatable bonds is 3. The SMILES string of the molecule is COc1ncccc1C(=O)C1=COCCC1. The molecule has 1 aromatic heterocycles. The molecule has 0 bridgehead atoms. The van der Waals surface area contributed by atoms with E-state index in [-0.39, 0.29) is 5.78 Å². The van der Waals surface area contributed by atoms with Gasteiger partial charge in [-0.05, 0) is 25.0 Å². The van der Waals surface area contributed by atoms with Crippen LogP contribution < -0.4 is 4.74 Å². The van der Waals surface area contributed by atoms with E-state index in [0.717, 1.165) is 12.8 Å². The molecule has 0 unspecified atom stereocenters. The van der Waals surface area contributed by atoms with Crippen molar-refractivity contribution in [1.82, 2.24) is 4.98 Å². The first kappa shape index (κ1) is 10.7.